The minimum atomic E-state index is 0.467. The van der Waals surface area contributed by atoms with Crippen LogP contribution in [0, 0.1) is 13.8 Å². The summed E-state index contributed by atoms with van der Waals surface area (Å²) in [7, 11) is 1.95. The second kappa shape index (κ2) is 7.21. The van der Waals surface area contributed by atoms with Crippen molar-refractivity contribution in [2.45, 2.75) is 20.5 Å². The van der Waals surface area contributed by atoms with Crippen LogP contribution in [-0.2, 0) is 6.61 Å². The maximum absolute atomic E-state index is 6.00. The highest BCUT2D eigenvalue weighted by Gasteiger charge is 2.12. The molecule has 2 N–H and O–H groups in total. The van der Waals surface area contributed by atoms with E-state index >= 15 is 0 Å². The molecule has 0 aliphatic carbocycles. The van der Waals surface area contributed by atoms with Crippen molar-refractivity contribution in [3.05, 3.63) is 71.7 Å². The topological polar surface area (TPSA) is 64.3 Å². The van der Waals surface area contributed by atoms with Crippen LogP contribution >= 0.6 is 0 Å². The molecule has 1 aromatic heterocycles. The minimum absolute atomic E-state index is 0.467. The Hall–Kier alpha value is -3.08. The number of hydrogen-bond donors (Lipinski definition) is 1. The summed E-state index contributed by atoms with van der Waals surface area (Å²) in [6.45, 7) is 4.55. The maximum atomic E-state index is 6.00. The molecule has 0 saturated carbocycles. The van der Waals surface area contributed by atoms with Crippen molar-refractivity contribution in [1.82, 2.24) is 9.97 Å². The van der Waals surface area contributed by atoms with Gasteiger partial charge < -0.3 is 15.4 Å². The standard InChI is InChI=1S/C20H22N4O/c1-14-5-4-6-16(11-14)12-25-18-9-7-17(8-10-18)24(3)19-15(2)22-13-23-20(19)21/h4-11,13H,12H2,1-3H3,(H2,21,22,23). The molecule has 0 aliphatic rings. The number of ether oxygens (including phenoxy) is 1. The second-order valence-corrected chi connectivity index (χ2v) is 6.02. The molecule has 0 unspecified atom stereocenters. The molecule has 0 fully saturated rings. The van der Waals surface area contributed by atoms with Gasteiger partial charge in [-0.15, -0.1) is 0 Å². The fraction of sp³-hybridized carbons (Fsp3) is 0.200. The molecule has 0 spiro atoms. The van der Waals surface area contributed by atoms with E-state index in [2.05, 4.69) is 35.1 Å². The Labute approximate surface area is 148 Å². The zero-order chi connectivity index (χ0) is 17.8. The first kappa shape index (κ1) is 16.8. The average Bonchev–Trinajstić information content (AvgIpc) is 2.60. The van der Waals surface area contributed by atoms with Gasteiger partial charge in [0.1, 0.15) is 24.4 Å². The van der Waals surface area contributed by atoms with Gasteiger partial charge in [0.05, 0.1) is 5.69 Å². The van der Waals surface area contributed by atoms with Crippen LogP contribution in [0.2, 0.25) is 0 Å². The summed E-state index contributed by atoms with van der Waals surface area (Å²) in [6, 6.07) is 16.2. The van der Waals surface area contributed by atoms with E-state index in [4.69, 9.17) is 10.5 Å². The third-order valence-electron chi connectivity index (χ3n) is 4.08. The Balaban J connectivity index is 1.71. The fourth-order valence-corrected chi connectivity index (χ4v) is 2.76. The molecule has 0 radical (unpaired) electrons. The lowest BCUT2D eigenvalue weighted by molar-refractivity contribution is 0.306. The molecular formula is C20H22N4O. The molecule has 0 aliphatic heterocycles. The second-order valence-electron chi connectivity index (χ2n) is 6.02. The third kappa shape index (κ3) is 3.88. The lowest BCUT2D eigenvalue weighted by Gasteiger charge is -2.22. The van der Waals surface area contributed by atoms with Crippen LogP contribution < -0.4 is 15.4 Å². The first-order valence-corrected chi connectivity index (χ1v) is 8.14. The smallest absolute Gasteiger partial charge is 0.151 e. The number of nitrogens with zero attached hydrogens (tertiary/aromatic N) is 3. The summed E-state index contributed by atoms with van der Waals surface area (Å²) in [5.74, 6) is 1.29. The molecule has 25 heavy (non-hydrogen) atoms. The normalized spacial score (nSPS) is 10.5. The van der Waals surface area contributed by atoms with Gasteiger partial charge in [0.2, 0.25) is 0 Å². The number of nitrogens with two attached hydrogens (primary N) is 1. The Bertz CT molecular complexity index is 842. The van der Waals surface area contributed by atoms with Crippen LogP contribution in [0.4, 0.5) is 17.2 Å². The molecule has 0 saturated heterocycles. The zero-order valence-electron chi connectivity index (χ0n) is 14.7. The van der Waals surface area contributed by atoms with Gasteiger partial charge in [0.25, 0.3) is 0 Å². The highest BCUT2D eigenvalue weighted by atomic mass is 16.5. The number of hydrogen-bond acceptors (Lipinski definition) is 5. The van der Waals surface area contributed by atoms with E-state index in [-0.39, 0.29) is 0 Å². The van der Waals surface area contributed by atoms with Gasteiger partial charge in [-0.2, -0.15) is 0 Å². The number of nitrogen functional groups attached to an aromatic ring is 1. The molecule has 3 rings (SSSR count). The van der Waals surface area contributed by atoms with Gasteiger partial charge in [-0.1, -0.05) is 29.8 Å². The van der Waals surface area contributed by atoms with Crippen molar-refractivity contribution >= 4 is 17.2 Å². The Morgan fingerprint density at radius 1 is 1.04 bits per heavy atom. The van der Waals surface area contributed by atoms with E-state index in [0.717, 1.165) is 28.4 Å². The van der Waals surface area contributed by atoms with Gasteiger partial charge >= 0.3 is 0 Å². The predicted octanol–water partition coefficient (Wildman–Crippen LogP) is 4.02. The van der Waals surface area contributed by atoms with Crippen LogP contribution in [-0.4, -0.2) is 17.0 Å². The number of benzene rings is 2. The quantitative estimate of drug-likeness (QED) is 0.763. The summed E-state index contributed by atoms with van der Waals surface area (Å²) >= 11 is 0. The van der Waals surface area contributed by atoms with Crippen molar-refractivity contribution < 1.29 is 4.74 Å². The van der Waals surface area contributed by atoms with Gasteiger partial charge in [-0.3, -0.25) is 0 Å². The fourth-order valence-electron chi connectivity index (χ4n) is 2.76. The summed E-state index contributed by atoms with van der Waals surface area (Å²) in [4.78, 5) is 10.3. The van der Waals surface area contributed by atoms with Crippen LogP contribution in [0.5, 0.6) is 5.75 Å². The van der Waals surface area contributed by atoms with Crippen molar-refractivity contribution in [3.63, 3.8) is 0 Å². The molecule has 1 heterocycles. The SMILES string of the molecule is Cc1cccc(COc2ccc(N(C)c3c(C)ncnc3N)cc2)c1. The molecule has 5 heteroatoms. The predicted molar refractivity (Wildman–Crippen MR) is 101 cm³/mol. The molecule has 0 atom stereocenters. The van der Waals surface area contributed by atoms with Gasteiger partial charge in [-0.05, 0) is 43.7 Å². The zero-order valence-corrected chi connectivity index (χ0v) is 14.7. The van der Waals surface area contributed by atoms with Crippen LogP contribution in [0.3, 0.4) is 0 Å². The monoisotopic (exact) mass is 334 g/mol. The van der Waals surface area contributed by atoms with Crippen LogP contribution in [0.25, 0.3) is 0 Å². The summed E-state index contributed by atoms with van der Waals surface area (Å²) in [5.41, 5.74) is 11.0. The van der Waals surface area contributed by atoms with E-state index in [9.17, 15) is 0 Å². The van der Waals surface area contributed by atoms with Gasteiger partial charge in [-0.25, -0.2) is 9.97 Å². The Kier molecular flexibility index (Phi) is 4.84. The Morgan fingerprint density at radius 2 is 1.80 bits per heavy atom. The molecular weight excluding hydrogens is 312 g/mol. The summed E-state index contributed by atoms with van der Waals surface area (Å²) in [5, 5.41) is 0. The van der Waals surface area contributed by atoms with Crippen molar-refractivity contribution in [2.75, 3.05) is 17.7 Å². The van der Waals surface area contributed by atoms with E-state index in [1.165, 1.54) is 11.9 Å². The average molecular weight is 334 g/mol. The Morgan fingerprint density at radius 3 is 2.48 bits per heavy atom. The minimum Gasteiger partial charge on any atom is -0.489 e. The van der Waals surface area contributed by atoms with Crippen LogP contribution in [0.15, 0.2) is 54.9 Å². The van der Waals surface area contributed by atoms with E-state index < -0.39 is 0 Å². The molecule has 0 amide bonds. The number of aromatic nitrogens is 2. The van der Waals surface area contributed by atoms with Crippen molar-refractivity contribution in [3.8, 4) is 5.75 Å². The summed E-state index contributed by atoms with van der Waals surface area (Å²) < 4.78 is 5.87. The highest BCUT2D eigenvalue weighted by Crippen LogP contribution is 2.30. The maximum Gasteiger partial charge on any atom is 0.151 e. The third-order valence-corrected chi connectivity index (χ3v) is 4.08. The van der Waals surface area contributed by atoms with Crippen molar-refractivity contribution in [1.29, 1.82) is 0 Å². The van der Waals surface area contributed by atoms with E-state index in [0.29, 0.717) is 12.4 Å². The summed E-state index contributed by atoms with van der Waals surface area (Å²) in [6.07, 6.45) is 1.48. The van der Waals surface area contributed by atoms with E-state index in [1.807, 2.05) is 49.2 Å². The van der Waals surface area contributed by atoms with Crippen LogP contribution in [0.1, 0.15) is 16.8 Å². The molecule has 0 bridgehead atoms. The molecule has 2 aromatic carbocycles. The highest BCUT2D eigenvalue weighted by molar-refractivity contribution is 5.73. The lowest BCUT2D eigenvalue weighted by atomic mass is 10.1. The number of rotatable bonds is 5. The number of anilines is 3. The van der Waals surface area contributed by atoms with Gasteiger partial charge in [0, 0.05) is 12.7 Å². The van der Waals surface area contributed by atoms with Crippen molar-refractivity contribution in [2.24, 2.45) is 0 Å². The number of aryl methyl sites for hydroxylation is 2. The molecule has 5 nitrogen and oxygen atoms in total. The molecule has 3 aromatic rings. The van der Waals surface area contributed by atoms with E-state index in [1.54, 1.807) is 0 Å². The lowest BCUT2D eigenvalue weighted by Crippen LogP contribution is -2.14. The first-order chi connectivity index (χ1) is 12.0. The molecule has 128 valence electrons. The van der Waals surface area contributed by atoms with Gasteiger partial charge in [0.15, 0.2) is 5.82 Å². The largest absolute Gasteiger partial charge is 0.489 e. The first-order valence-electron chi connectivity index (χ1n) is 8.14.